The van der Waals surface area contributed by atoms with Crippen LogP contribution in [0.25, 0.3) is 0 Å². The fourth-order valence-electron chi connectivity index (χ4n) is 5.29. The Morgan fingerprint density at radius 3 is 1.88 bits per heavy atom. The van der Waals surface area contributed by atoms with Crippen molar-refractivity contribution >= 4 is 0 Å². The molecule has 0 aliphatic heterocycles. The Morgan fingerprint density at radius 1 is 0.769 bits per heavy atom. The van der Waals surface area contributed by atoms with E-state index < -0.39 is 18.0 Å². The van der Waals surface area contributed by atoms with E-state index in [0.29, 0.717) is 18.8 Å². The molecule has 5 heteroatoms. The van der Waals surface area contributed by atoms with Crippen LogP contribution >= 0.6 is 0 Å². The molecule has 0 nitrogen and oxygen atoms in total. The van der Waals surface area contributed by atoms with E-state index in [-0.39, 0.29) is 12.8 Å². The Morgan fingerprint density at radius 2 is 1.35 bits per heavy atom. The van der Waals surface area contributed by atoms with E-state index in [1.165, 1.54) is 44.9 Å². The van der Waals surface area contributed by atoms with E-state index in [2.05, 4.69) is 0 Å². The summed E-state index contributed by atoms with van der Waals surface area (Å²) in [6, 6.07) is 0. The lowest BCUT2D eigenvalue weighted by molar-refractivity contribution is -0.304. The topological polar surface area (TPSA) is 0 Å². The highest BCUT2D eigenvalue weighted by Gasteiger charge is 2.61. The summed E-state index contributed by atoms with van der Waals surface area (Å²) in [5.74, 6) is -3.89. The van der Waals surface area contributed by atoms with Crippen LogP contribution in [0.5, 0.6) is 0 Å². The first-order chi connectivity index (χ1) is 12.3. The van der Waals surface area contributed by atoms with E-state index in [4.69, 9.17) is 0 Å². The maximum atomic E-state index is 13.7. The van der Waals surface area contributed by atoms with Crippen LogP contribution < -0.4 is 0 Å². The van der Waals surface area contributed by atoms with E-state index in [1.807, 2.05) is 0 Å². The van der Waals surface area contributed by atoms with Gasteiger partial charge in [0.2, 0.25) is 0 Å². The molecular formula is C21H35F5. The van der Waals surface area contributed by atoms with Crippen LogP contribution in [0.15, 0.2) is 0 Å². The maximum absolute atomic E-state index is 13.7. The van der Waals surface area contributed by atoms with E-state index in [0.717, 1.165) is 31.1 Å². The molecule has 0 amide bonds. The SMILES string of the molecule is CCCC(CCCC1CCC(C2CCCCC2)CC1)C(F)(F)C(F)(F)F. The Balaban J connectivity index is 1.73. The molecule has 0 heterocycles. The van der Waals surface area contributed by atoms with Crippen molar-refractivity contribution in [2.75, 3.05) is 0 Å². The predicted molar refractivity (Wildman–Crippen MR) is 95.3 cm³/mol. The van der Waals surface area contributed by atoms with Crippen molar-refractivity contribution in [3.05, 3.63) is 0 Å². The number of hydrogen-bond acceptors (Lipinski definition) is 0. The maximum Gasteiger partial charge on any atom is 0.453 e. The van der Waals surface area contributed by atoms with E-state index >= 15 is 0 Å². The Hall–Kier alpha value is -0.350. The number of halogens is 5. The summed E-state index contributed by atoms with van der Waals surface area (Å²) < 4.78 is 65.3. The van der Waals surface area contributed by atoms with Crippen molar-refractivity contribution in [1.29, 1.82) is 0 Å². The minimum Gasteiger partial charge on any atom is -0.196 e. The summed E-state index contributed by atoms with van der Waals surface area (Å²) >= 11 is 0. The zero-order chi connectivity index (χ0) is 19.2. The smallest absolute Gasteiger partial charge is 0.196 e. The molecule has 0 radical (unpaired) electrons. The number of alkyl halides is 5. The zero-order valence-corrected chi connectivity index (χ0v) is 16.1. The molecule has 0 spiro atoms. The van der Waals surface area contributed by atoms with Crippen molar-refractivity contribution < 1.29 is 22.0 Å². The van der Waals surface area contributed by atoms with Crippen LogP contribution in [0.3, 0.4) is 0 Å². The summed E-state index contributed by atoms with van der Waals surface area (Å²) in [4.78, 5) is 0. The molecule has 0 saturated heterocycles. The van der Waals surface area contributed by atoms with Gasteiger partial charge in [0.25, 0.3) is 0 Å². The molecule has 2 fully saturated rings. The third-order valence-corrected chi connectivity index (χ3v) is 6.90. The van der Waals surface area contributed by atoms with Gasteiger partial charge in [-0.2, -0.15) is 22.0 Å². The van der Waals surface area contributed by atoms with Crippen LogP contribution in [0.2, 0.25) is 0 Å². The average molecular weight is 383 g/mol. The van der Waals surface area contributed by atoms with Gasteiger partial charge in [0.15, 0.2) is 0 Å². The molecule has 2 aliphatic rings. The third-order valence-electron chi connectivity index (χ3n) is 6.90. The van der Waals surface area contributed by atoms with Crippen molar-refractivity contribution in [2.45, 2.75) is 109 Å². The van der Waals surface area contributed by atoms with Crippen molar-refractivity contribution in [3.8, 4) is 0 Å². The highest BCUT2D eigenvalue weighted by atomic mass is 19.4. The molecule has 1 atom stereocenters. The molecule has 154 valence electrons. The minimum atomic E-state index is -5.43. The van der Waals surface area contributed by atoms with Gasteiger partial charge in [-0.15, -0.1) is 0 Å². The quantitative estimate of drug-likeness (QED) is 0.371. The molecule has 2 aliphatic carbocycles. The van der Waals surface area contributed by atoms with Gasteiger partial charge in [0.05, 0.1) is 0 Å². The molecular weight excluding hydrogens is 347 g/mol. The van der Waals surface area contributed by atoms with Gasteiger partial charge in [-0.05, 0) is 43.4 Å². The standard InChI is InChI=1S/C21H35F5/c1-2-7-19(20(22,23)21(24,25)26)11-6-8-16-12-14-18(15-13-16)17-9-4-3-5-10-17/h16-19H,2-15H2,1H3. The largest absolute Gasteiger partial charge is 0.453 e. The monoisotopic (exact) mass is 382 g/mol. The summed E-state index contributed by atoms with van der Waals surface area (Å²) in [6.45, 7) is 1.67. The van der Waals surface area contributed by atoms with Crippen LogP contribution in [0, 0.1) is 23.7 Å². The molecule has 1 unspecified atom stereocenters. The van der Waals surface area contributed by atoms with Gasteiger partial charge in [0.1, 0.15) is 0 Å². The molecule has 0 bridgehead atoms. The molecule has 0 N–H and O–H groups in total. The molecule has 26 heavy (non-hydrogen) atoms. The van der Waals surface area contributed by atoms with Crippen LogP contribution in [0.1, 0.15) is 96.8 Å². The van der Waals surface area contributed by atoms with E-state index in [9.17, 15) is 22.0 Å². The highest BCUT2D eigenvalue weighted by molar-refractivity contribution is 4.85. The van der Waals surface area contributed by atoms with Crippen molar-refractivity contribution in [3.63, 3.8) is 0 Å². The molecule has 0 aromatic rings. The normalized spacial score (nSPS) is 27.5. The first kappa shape index (κ1) is 21.9. The van der Waals surface area contributed by atoms with Gasteiger partial charge < -0.3 is 0 Å². The van der Waals surface area contributed by atoms with Crippen molar-refractivity contribution in [1.82, 2.24) is 0 Å². The van der Waals surface area contributed by atoms with Gasteiger partial charge in [-0.3, -0.25) is 0 Å². The van der Waals surface area contributed by atoms with Gasteiger partial charge >= 0.3 is 12.1 Å². The van der Waals surface area contributed by atoms with E-state index in [1.54, 1.807) is 6.92 Å². The fourth-order valence-corrected chi connectivity index (χ4v) is 5.29. The second kappa shape index (κ2) is 9.73. The molecule has 2 saturated carbocycles. The molecule has 0 aromatic heterocycles. The summed E-state index contributed by atoms with van der Waals surface area (Å²) in [5, 5.41) is 0. The minimum absolute atomic E-state index is 0.0110. The first-order valence-corrected chi connectivity index (χ1v) is 10.7. The van der Waals surface area contributed by atoms with Crippen LogP contribution in [0.4, 0.5) is 22.0 Å². The summed E-state index contributed by atoms with van der Waals surface area (Å²) in [7, 11) is 0. The lowest BCUT2D eigenvalue weighted by atomic mass is 9.70. The van der Waals surface area contributed by atoms with Crippen LogP contribution in [-0.2, 0) is 0 Å². The lowest BCUT2D eigenvalue weighted by Crippen LogP contribution is -2.43. The highest BCUT2D eigenvalue weighted by Crippen LogP contribution is 2.46. The molecule has 0 aromatic carbocycles. The third kappa shape index (κ3) is 5.82. The fraction of sp³-hybridized carbons (Fsp3) is 1.00. The Bertz CT molecular complexity index is 390. The summed E-state index contributed by atoms with van der Waals surface area (Å²) in [5.41, 5.74) is 0. The second-order valence-electron chi connectivity index (χ2n) is 8.72. The average Bonchev–Trinajstić information content (AvgIpc) is 2.61. The summed E-state index contributed by atoms with van der Waals surface area (Å²) in [6.07, 6.45) is 7.71. The number of rotatable bonds is 8. The van der Waals surface area contributed by atoms with Gasteiger partial charge in [0, 0.05) is 5.92 Å². The zero-order valence-electron chi connectivity index (χ0n) is 16.1. The Labute approximate surface area is 155 Å². The van der Waals surface area contributed by atoms with Gasteiger partial charge in [-0.25, -0.2) is 0 Å². The Kier molecular flexibility index (Phi) is 8.21. The van der Waals surface area contributed by atoms with Crippen LogP contribution in [-0.4, -0.2) is 12.1 Å². The van der Waals surface area contributed by atoms with Gasteiger partial charge in [-0.1, -0.05) is 71.1 Å². The lowest BCUT2D eigenvalue weighted by Gasteiger charge is -2.36. The molecule has 2 rings (SSSR count). The number of hydrogen-bond donors (Lipinski definition) is 0. The second-order valence-corrected chi connectivity index (χ2v) is 8.72. The predicted octanol–water partition coefficient (Wildman–Crippen LogP) is 8.16. The first-order valence-electron chi connectivity index (χ1n) is 10.7. The van der Waals surface area contributed by atoms with Crippen molar-refractivity contribution in [2.24, 2.45) is 23.7 Å².